The SMILES string of the molecule is CCCCCCCCCCCCCCCCCCCCCCCCC(=O)O[C@H](COC(=O)CCCCCCCCCCCCCCCCCCCC)COP(=O)(O)OCC[N+](C)(C)C. The van der Waals surface area contributed by atoms with Crippen LogP contribution in [0.15, 0.2) is 0 Å². The molecule has 0 rings (SSSR count). The molecule has 0 aromatic carbocycles. The number of hydrogen-bond acceptors (Lipinski definition) is 7. The molecule has 0 aliphatic carbocycles. The molecule has 1 unspecified atom stereocenters. The number of hydrogen-bond donors (Lipinski definition) is 1. The molecule has 0 bridgehead atoms. The highest BCUT2D eigenvalue weighted by Crippen LogP contribution is 2.43. The number of ether oxygens (including phenoxy) is 2. The Bertz CT molecular complexity index is 1050. The Morgan fingerprint density at radius 2 is 0.703 bits per heavy atom. The van der Waals surface area contributed by atoms with Gasteiger partial charge in [-0.3, -0.25) is 18.6 Å². The van der Waals surface area contributed by atoms with Gasteiger partial charge in [0.05, 0.1) is 27.7 Å². The number of rotatable bonds is 52. The van der Waals surface area contributed by atoms with E-state index in [1.165, 1.54) is 218 Å². The summed E-state index contributed by atoms with van der Waals surface area (Å²) in [6.45, 7) is 4.50. The van der Waals surface area contributed by atoms with Crippen molar-refractivity contribution in [3.8, 4) is 0 Å². The number of phosphoric ester groups is 1. The number of carbonyl (C=O) groups excluding carboxylic acids is 2. The molecule has 0 aromatic rings. The first-order valence-electron chi connectivity index (χ1n) is 27.8. The highest BCUT2D eigenvalue weighted by Gasteiger charge is 2.27. The summed E-state index contributed by atoms with van der Waals surface area (Å²) in [6.07, 6.45) is 51.6. The lowest BCUT2D eigenvalue weighted by atomic mass is 10.0. The summed E-state index contributed by atoms with van der Waals surface area (Å²) in [6, 6.07) is 0. The minimum absolute atomic E-state index is 0.0373. The van der Waals surface area contributed by atoms with Crippen LogP contribution in [-0.4, -0.2) is 74.9 Å². The van der Waals surface area contributed by atoms with Gasteiger partial charge in [-0.1, -0.05) is 258 Å². The fraction of sp³-hybridized carbons (Fsp3) is 0.963. The molecule has 0 radical (unpaired) electrons. The Morgan fingerprint density at radius 3 is 1.00 bits per heavy atom. The molecule has 1 N–H and O–H groups in total. The summed E-state index contributed by atoms with van der Waals surface area (Å²) < 4.78 is 34.5. The van der Waals surface area contributed by atoms with Gasteiger partial charge in [0.1, 0.15) is 19.8 Å². The quantitative estimate of drug-likeness (QED) is 0.0278. The molecular formula is C54H109NO8P+. The van der Waals surface area contributed by atoms with E-state index in [4.69, 9.17) is 18.5 Å². The lowest BCUT2D eigenvalue weighted by Gasteiger charge is -2.24. The number of esters is 2. The van der Waals surface area contributed by atoms with E-state index >= 15 is 0 Å². The number of quaternary nitrogens is 1. The largest absolute Gasteiger partial charge is 0.472 e. The number of phosphoric acid groups is 1. The molecule has 0 aliphatic rings. The van der Waals surface area contributed by atoms with Gasteiger partial charge in [0.25, 0.3) is 0 Å². The zero-order valence-corrected chi connectivity index (χ0v) is 44.2. The smallest absolute Gasteiger partial charge is 0.462 e. The molecule has 0 saturated heterocycles. The van der Waals surface area contributed by atoms with E-state index in [0.717, 1.165) is 38.5 Å². The third-order valence-electron chi connectivity index (χ3n) is 12.6. The highest BCUT2D eigenvalue weighted by atomic mass is 31.2. The molecule has 0 fully saturated rings. The minimum Gasteiger partial charge on any atom is -0.462 e. The topological polar surface area (TPSA) is 108 Å². The summed E-state index contributed by atoms with van der Waals surface area (Å²) in [4.78, 5) is 35.6. The molecule has 64 heavy (non-hydrogen) atoms. The maximum atomic E-state index is 12.8. The van der Waals surface area contributed by atoms with Gasteiger partial charge < -0.3 is 18.9 Å². The van der Waals surface area contributed by atoms with Crippen molar-refractivity contribution < 1.29 is 42.1 Å². The normalized spacial score (nSPS) is 13.3. The van der Waals surface area contributed by atoms with Gasteiger partial charge in [0.2, 0.25) is 0 Å². The summed E-state index contributed by atoms with van der Waals surface area (Å²) >= 11 is 0. The van der Waals surface area contributed by atoms with Crippen molar-refractivity contribution in [2.45, 2.75) is 290 Å². The van der Waals surface area contributed by atoms with E-state index in [2.05, 4.69) is 13.8 Å². The highest BCUT2D eigenvalue weighted by molar-refractivity contribution is 7.47. The molecule has 10 heteroatoms. The van der Waals surface area contributed by atoms with Gasteiger partial charge in [0, 0.05) is 12.8 Å². The van der Waals surface area contributed by atoms with E-state index in [-0.39, 0.29) is 25.6 Å². The molecule has 0 aliphatic heterocycles. The van der Waals surface area contributed by atoms with Crippen molar-refractivity contribution in [1.82, 2.24) is 0 Å². The summed E-state index contributed by atoms with van der Waals surface area (Å²) in [5, 5.41) is 0. The van der Waals surface area contributed by atoms with Crippen LogP contribution in [0.25, 0.3) is 0 Å². The molecule has 0 spiro atoms. The van der Waals surface area contributed by atoms with Crippen LogP contribution in [0.1, 0.15) is 284 Å². The molecule has 382 valence electrons. The van der Waals surface area contributed by atoms with Crippen molar-refractivity contribution in [1.29, 1.82) is 0 Å². The van der Waals surface area contributed by atoms with Crippen molar-refractivity contribution in [2.75, 3.05) is 47.5 Å². The molecule has 0 aromatic heterocycles. The number of carbonyl (C=O) groups is 2. The predicted octanol–water partition coefficient (Wildman–Crippen LogP) is 16.7. The number of likely N-dealkylation sites (N-methyl/N-ethyl adjacent to an activating group) is 1. The van der Waals surface area contributed by atoms with Gasteiger partial charge in [-0.25, -0.2) is 4.57 Å². The van der Waals surface area contributed by atoms with Crippen LogP contribution in [0, 0.1) is 0 Å². The molecule has 0 saturated carbocycles. The van der Waals surface area contributed by atoms with Crippen LogP contribution in [0.2, 0.25) is 0 Å². The average Bonchev–Trinajstić information content (AvgIpc) is 3.25. The second kappa shape index (κ2) is 47.1. The zero-order valence-electron chi connectivity index (χ0n) is 43.3. The first-order valence-corrected chi connectivity index (χ1v) is 29.3. The van der Waals surface area contributed by atoms with Crippen LogP contribution in [0.3, 0.4) is 0 Å². The second-order valence-electron chi connectivity index (χ2n) is 20.3. The van der Waals surface area contributed by atoms with Gasteiger partial charge in [-0.05, 0) is 12.8 Å². The van der Waals surface area contributed by atoms with Crippen LogP contribution < -0.4 is 0 Å². The zero-order chi connectivity index (χ0) is 47.1. The first kappa shape index (κ1) is 63.0. The summed E-state index contributed by atoms with van der Waals surface area (Å²) in [5.41, 5.74) is 0. The van der Waals surface area contributed by atoms with Crippen molar-refractivity contribution in [3.05, 3.63) is 0 Å². The molecule has 0 amide bonds. The summed E-state index contributed by atoms with van der Waals surface area (Å²) in [7, 11) is 1.50. The second-order valence-corrected chi connectivity index (χ2v) is 21.8. The molecule has 2 atom stereocenters. The van der Waals surface area contributed by atoms with Gasteiger partial charge >= 0.3 is 19.8 Å². The molecular weight excluding hydrogens is 822 g/mol. The first-order chi connectivity index (χ1) is 31.0. The molecule has 0 heterocycles. The van der Waals surface area contributed by atoms with Gasteiger partial charge in [-0.15, -0.1) is 0 Å². The van der Waals surface area contributed by atoms with Crippen LogP contribution >= 0.6 is 7.82 Å². The third-order valence-corrected chi connectivity index (χ3v) is 13.6. The standard InChI is InChI=1S/C54H108NO8P/c1-6-8-10-12-14-16-18-20-22-24-26-27-28-29-31-33-35-37-39-41-43-45-47-54(57)63-52(51-62-64(58,59)61-49-48-55(3,4)5)50-60-53(56)46-44-42-40-38-36-34-32-30-25-23-21-19-17-15-13-11-9-7-2/h52H,6-51H2,1-5H3/p+1/t52-/m1/s1. The number of unbranched alkanes of at least 4 members (excludes halogenated alkanes) is 38. The summed E-state index contributed by atoms with van der Waals surface area (Å²) in [5.74, 6) is -0.774. The molecule has 9 nitrogen and oxygen atoms in total. The van der Waals surface area contributed by atoms with E-state index in [9.17, 15) is 19.0 Å². The lowest BCUT2D eigenvalue weighted by Crippen LogP contribution is -2.37. The Balaban J connectivity index is 4.14. The van der Waals surface area contributed by atoms with E-state index < -0.39 is 26.5 Å². The van der Waals surface area contributed by atoms with E-state index in [1.807, 2.05) is 21.1 Å². The minimum atomic E-state index is -4.37. The maximum absolute atomic E-state index is 12.8. The third kappa shape index (κ3) is 50.4. The maximum Gasteiger partial charge on any atom is 0.472 e. The van der Waals surface area contributed by atoms with Crippen LogP contribution in [-0.2, 0) is 32.7 Å². The Hall–Kier alpha value is -0.990. The van der Waals surface area contributed by atoms with Crippen molar-refractivity contribution in [2.24, 2.45) is 0 Å². The van der Waals surface area contributed by atoms with Crippen molar-refractivity contribution >= 4 is 19.8 Å². The fourth-order valence-corrected chi connectivity index (χ4v) is 9.05. The fourth-order valence-electron chi connectivity index (χ4n) is 8.31. The Labute approximate surface area is 397 Å². The Kier molecular flexibility index (Phi) is 46.4. The predicted molar refractivity (Wildman–Crippen MR) is 271 cm³/mol. The van der Waals surface area contributed by atoms with Crippen LogP contribution in [0.4, 0.5) is 0 Å². The lowest BCUT2D eigenvalue weighted by molar-refractivity contribution is -0.870. The van der Waals surface area contributed by atoms with Crippen molar-refractivity contribution in [3.63, 3.8) is 0 Å². The van der Waals surface area contributed by atoms with Gasteiger partial charge in [0.15, 0.2) is 6.10 Å². The van der Waals surface area contributed by atoms with Crippen LogP contribution in [0.5, 0.6) is 0 Å². The number of nitrogens with zero attached hydrogens (tertiary/aromatic N) is 1. The average molecular weight is 931 g/mol. The van der Waals surface area contributed by atoms with E-state index in [0.29, 0.717) is 17.4 Å². The Morgan fingerprint density at radius 1 is 0.422 bits per heavy atom. The van der Waals surface area contributed by atoms with Gasteiger partial charge in [-0.2, -0.15) is 0 Å². The van der Waals surface area contributed by atoms with E-state index in [1.54, 1.807) is 0 Å². The monoisotopic (exact) mass is 931 g/mol.